The molecule has 0 saturated carbocycles. The van der Waals surface area contributed by atoms with Gasteiger partial charge >= 0.3 is 0 Å². The first-order valence-corrected chi connectivity index (χ1v) is 5.23. The van der Waals surface area contributed by atoms with Crippen LogP contribution in [-0.2, 0) is 12.0 Å². The maximum atomic E-state index is 9.39. The van der Waals surface area contributed by atoms with Crippen molar-refractivity contribution in [3.63, 3.8) is 0 Å². The minimum Gasteiger partial charge on any atom is -0.394 e. The zero-order valence-electron chi connectivity index (χ0n) is 8.18. The molecule has 0 radical (unpaired) electrons. The van der Waals surface area contributed by atoms with E-state index in [0.29, 0.717) is 5.15 Å². The van der Waals surface area contributed by atoms with E-state index in [1.165, 1.54) is 0 Å². The predicted octanol–water partition coefficient (Wildman–Crippen LogP) is 1.40. The van der Waals surface area contributed by atoms with E-state index < -0.39 is 5.54 Å². The lowest BCUT2D eigenvalue weighted by molar-refractivity contribution is 0.134. The van der Waals surface area contributed by atoms with Crippen LogP contribution in [-0.4, -0.2) is 16.7 Å². The van der Waals surface area contributed by atoms with E-state index in [1.807, 2.05) is 6.20 Å². The number of fused-ring (bicyclic) bond motifs is 1. The lowest BCUT2D eigenvalue weighted by Gasteiger charge is -2.38. The number of aromatic nitrogens is 1. The largest absolute Gasteiger partial charge is 0.394 e. The summed E-state index contributed by atoms with van der Waals surface area (Å²) in [5, 5.41) is 10.1. The van der Waals surface area contributed by atoms with Crippen molar-refractivity contribution in [3.05, 3.63) is 22.5 Å². The molecular formula is C10H15ClN2O. The first-order chi connectivity index (χ1) is 6.59. The Morgan fingerprint density at radius 2 is 2.50 bits per heavy atom. The number of hydrogen-bond acceptors (Lipinski definition) is 2. The van der Waals surface area contributed by atoms with Crippen molar-refractivity contribution in [1.82, 2.24) is 4.98 Å². The number of nitrogens with two attached hydrogens (primary N) is 1. The van der Waals surface area contributed by atoms with Gasteiger partial charge in [-0.05, 0) is 29.9 Å². The predicted molar refractivity (Wildman–Crippen MR) is 56.2 cm³/mol. The molecule has 4 heteroatoms. The van der Waals surface area contributed by atoms with Crippen LogP contribution in [0.5, 0.6) is 0 Å². The van der Waals surface area contributed by atoms with Gasteiger partial charge in [-0.15, -0.1) is 0 Å². The first-order valence-electron chi connectivity index (χ1n) is 4.85. The van der Waals surface area contributed by atoms with Gasteiger partial charge in [0.05, 0.1) is 12.1 Å². The molecular weight excluding hydrogens is 200 g/mol. The fourth-order valence-corrected chi connectivity index (χ4v) is 2.46. The molecule has 78 valence electrons. The van der Waals surface area contributed by atoms with Crippen LogP contribution in [0.25, 0.3) is 0 Å². The lowest BCUT2D eigenvalue weighted by Crippen LogP contribution is -2.49. The van der Waals surface area contributed by atoms with E-state index in [2.05, 4.69) is 11.9 Å². The summed E-state index contributed by atoms with van der Waals surface area (Å²) >= 11 is 6.00. The molecule has 3 nitrogen and oxygen atoms in total. The third-order valence-corrected chi connectivity index (χ3v) is 3.74. The van der Waals surface area contributed by atoms with Crippen LogP contribution in [0.15, 0.2) is 6.20 Å². The second kappa shape index (κ2) is 3.26. The Kier molecular flexibility index (Phi) is 2.33. The maximum absolute atomic E-state index is 9.39. The quantitative estimate of drug-likeness (QED) is 0.662. The molecule has 2 rings (SSSR count). The lowest BCUT2D eigenvalue weighted by atomic mass is 9.72. The van der Waals surface area contributed by atoms with E-state index in [1.54, 1.807) is 0 Å². The molecule has 1 aliphatic carbocycles. The molecule has 1 aromatic rings. The van der Waals surface area contributed by atoms with E-state index >= 15 is 0 Å². The third kappa shape index (κ3) is 1.20. The van der Waals surface area contributed by atoms with E-state index in [4.69, 9.17) is 17.3 Å². The average Bonchev–Trinajstić information content (AvgIpc) is 2.55. The molecule has 1 aliphatic rings. The topological polar surface area (TPSA) is 62.0 Å². The van der Waals surface area contributed by atoms with Crippen molar-refractivity contribution >= 4 is 11.6 Å². The van der Waals surface area contributed by atoms with Crippen LogP contribution < -0.4 is 5.73 Å². The minimum atomic E-state index is -0.628. The molecule has 1 heterocycles. The van der Waals surface area contributed by atoms with Gasteiger partial charge in [-0.3, -0.25) is 0 Å². The van der Waals surface area contributed by atoms with Gasteiger partial charge in [0.2, 0.25) is 0 Å². The van der Waals surface area contributed by atoms with Crippen LogP contribution in [0.3, 0.4) is 0 Å². The third-order valence-electron chi connectivity index (χ3n) is 3.40. The molecule has 4 N–H and O–H groups in total. The molecule has 0 spiro atoms. The molecule has 0 bridgehead atoms. The number of H-pyrrole nitrogens is 1. The Labute approximate surface area is 88.3 Å². The zero-order valence-corrected chi connectivity index (χ0v) is 8.93. The van der Waals surface area contributed by atoms with Crippen LogP contribution in [0.1, 0.15) is 24.5 Å². The first kappa shape index (κ1) is 10.0. The Morgan fingerprint density at radius 1 is 1.79 bits per heavy atom. The van der Waals surface area contributed by atoms with Crippen molar-refractivity contribution in [2.45, 2.75) is 25.3 Å². The van der Waals surface area contributed by atoms with Gasteiger partial charge in [0.25, 0.3) is 0 Å². The molecule has 14 heavy (non-hydrogen) atoms. The second-order valence-corrected chi connectivity index (χ2v) is 4.51. The number of aromatic amines is 1. The van der Waals surface area contributed by atoms with Gasteiger partial charge in [-0.1, -0.05) is 18.5 Å². The molecule has 2 atom stereocenters. The zero-order chi connectivity index (χ0) is 10.3. The molecule has 0 aliphatic heterocycles. The maximum Gasteiger partial charge on any atom is 0.109 e. The highest BCUT2D eigenvalue weighted by atomic mass is 35.5. The van der Waals surface area contributed by atoms with Gasteiger partial charge in [0.1, 0.15) is 5.15 Å². The Bertz CT molecular complexity index is 350. The summed E-state index contributed by atoms with van der Waals surface area (Å²) < 4.78 is 0. The number of nitrogens with one attached hydrogen (secondary N) is 1. The molecule has 0 amide bonds. The van der Waals surface area contributed by atoms with Crippen molar-refractivity contribution < 1.29 is 5.11 Å². The van der Waals surface area contributed by atoms with Crippen LogP contribution in [0, 0.1) is 5.92 Å². The van der Waals surface area contributed by atoms with Crippen molar-refractivity contribution in [3.8, 4) is 0 Å². The van der Waals surface area contributed by atoms with Crippen LogP contribution in [0.4, 0.5) is 0 Å². The number of aliphatic hydroxyl groups is 1. The fraction of sp³-hybridized carbons (Fsp3) is 0.600. The van der Waals surface area contributed by atoms with Crippen molar-refractivity contribution in [2.24, 2.45) is 11.7 Å². The average molecular weight is 215 g/mol. The number of aliphatic hydroxyl groups excluding tert-OH is 1. The van der Waals surface area contributed by atoms with Gasteiger partial charge in [-0.25, -0.2) is 0 Å². The Morgan fingerprint density at radius 3 is 3.14 bits per heavy atom. The van der Waals surface area contributed by atoms with Crippen LogP contribution in [0.2, 0.25) is 5.15 Å². The summed E-state index contributed by atoms with van der Waals surface area (Å²) in [5.74, 6) is 0.284. The Hall–Kier alpha value is -0.510. The standard InChI is InChI=1S/C10H15ClN2O/c1-6-2-3-7-8(4-13-9(7)11)10(6,12)5-14/h4,6,13-14H,2-3,5,12H2,1H3. The normalized spacial score (nSPS) is 31.6. The smallest absolute Gasteiger partial charge is 0.109 e. The molecule has 1 aromatic heterocycles. The van der Waals surface area contributed by atoms with Gasteiger partial charge < -0.3 is 15.8 Å². The monoisotopic (exact) mass is 214 g/mol. The number of rotatable bonds is 1. The van der Waals surface area contributed by atoms with E-state index in [-0.39, 0.29) is 12.5 Å². The summed E-state index contributed by atoms with van der Waals surface area (Å²) in [4.78, 5) is 2.96. The van der Waals surface area contributed by atoms with Gasteiger partial charge in [0.15, 0.2) is 0 Å². The molecule has 0 aromatic carbocycles. The second-order valence-electron chi connectivity index (χ2n) is 4.13. The molecule has 2 unspecified atom stereocenters. The minimum absolute atomic E-state index is 0.0324. The summed E-state index contributed by atoms with van der Waals surface area (Å²) in [6.07, 6.45) is 3.74. The van der Waals surface area contributed by atoms with Gasteiger partial charge in [0, 0.05) is 6.20 Å². The summed E-state index contributed by atoms with van der Waals surface area (Å²) in [5.41, 5.74) is 7.62. The SMILES string of the molecule is CC1CCc2c(c[nH]c2Cl)C1(N)CO. The van der Waals surface area contributed by atoms with Crippen molar-refractivity contribution in [2.75, 3.05) is 6.61 Å². The molecule has 0 saturated heterocycles. The van der Waals surface area contributed by atoms with Gasteiger partial charge in [-0.2, -0.15) is 0 Å². The highest BCUT2D eigenvalue weighted by molar-refractivity contribution is 6.30. The fourth-order valence-electron chi connectivity index (χ4n) is 2.21. The van der Waals surface area contributed by atoms with E-state index in [0.717, 1.165) is 24.0 Å². The number of hydrogen-bond donors (Lipinski definition) is 3. The summed E-state index contributed by atoms with van der Waals surface area (Å²) in [7, 11) is 0. The summed E-state index contributed by atoms with van der Waals surface area (Å²) in [6, 6.07) is 0. The van der Waals surface area contributed by atoms with Crippen LogP contribution >= 0.6 is 11.6 Å². The molecule has 0 fully saturated rings. The summed E-state index contributed by atoms with van der Waals surface area (Å²) in [6.45, 7) is 2.04. The number of halogens is 1. The van der Waals surface area contributed by atoms with Crippen molar-refractivity contribution in [1.29, 1.82) is 0 Å². The van der Waals surface area contributed by atoms with E-state index in [9.17, 15) is 5.11 Å². The highest BCUT2D eigenvalue weighted by Gasteiger charge is 2.39. The Balaban J connectivity index is 2.52. The highest BCUT2D eigenvalue weighted by Crippen LogP contribution is 2.39.